The zero-order valence-corrected chi connectivity index (χ0v) is 5.23. The van der Waals surface area contributed by atoms with Gasteiger partial charge in [-0.3, -0.25) is 4.79 Å². The van der Waals surface area contributed by atoms with E-state index >= 15 is 0 Å². The van der Waals surface area contributed by atoms with Crippen molar-refractivity contribution in [2.75, 3.05) is 0 Å². The van der Waals surface area contributed by atoms with Crippen molar-refractivity contribution in [2.45, 2.75) is 10.9 Å². The average Bonchev–Trinajstić information content (AvgIpc) is 1.64. The van der Waals surface area contributed by atoms with Crippen LogP contribution >= 0.6 is 23.2 Å². The summed E-state index contributed by atoms with van der Waals surface area (Å²) in [5.41, 5.74) is -1.52. The number of aliphatic hydroxyl groups excluding tert-OH is 1. The van der Waals surface area contributed by atoms with Gasteiger partial charge in [0, 0.05) is 0 Å². The zero-order valence-electron chi connectivity index (χ0n) is 3.71. The Morgan fingerprint density at radius 3 is 1.88 bits per heavy atom. The molecule has 8 heavy (non-hydrogen) atoms. The second-order valence-electron chi connectivity index (χ2n) is 1.11. The standard InChI is InChI=1S/C3H4Cl2O3/c4-1(2(5)6)3(7)8/h1-2,6H,(H,7,8). The van der Waals surface area contributed by atoms with Crippen LogP contribution in [0, 0.1) is 0 Å². The molecule has 0 aliphatic carbocycles. The molecule has 2 unspecified atom stereocenters. The number of hydrogen-bond donors (Lipinski definition) is 2. The first-order valence-electron chi connectivity index (χ1n) is 1.74. The number of halogens is 2. The lowest BCUT2D eigenvalue weighted by molar-refractivity contribution is -0.137. The second kappa shape index (κ2) is 3.12. The van der Waals surface area contributed by atoms with Gasteiger partial charge in [-0.15, -0.1) is 11.6 Å². The maximum Gasteiger partial charge on any atom is 0.325 e. The minimum absolute atomic E-state index is 1.32. The first kappa shape index (κ1) is 8.01. The lowest BCUT2D eigenvalue weighted by Crippen LogP contribution is -2.23. The van der Waals surface area contributed by atoms with Crippen LogP contribution in [-0.4, -0.2) is 27.1 Å². The Balaban J connectivity index is 3.64. The third-order valence-electron chi connectivity index (χ3n) is 0.477. The van der Waals surface area contributed by atoms with E-state index in [2.05, 4.69) is 0 Å². The summed E-state index contributed by atoms with van der Waals surface area (Å²) in [5, 5.41) is 14.8. The molecule has 0 spiro atoms. The quantitative estimate of drug-likeness (QED) is 0.567. The number of alkyl halides is 2. The van der Waals surface area contributed by atoms with Gasteiger partial charge in [0.15, 0.2) is 10.9 Å². The summed E-state index contributed by atoms with van der Waals surface area (Å²) >= 11 is 9.84. The Kier molecular flexibility index (Phi) is 3.12. The maximum absolute atomic E-state index is 9.76. The molecule has 0 saturated carbocycles. The largest absolute Gasteiger partial charge is 0.480 e. The topological polar surface area (TPSA) is 57.5 Å². The molecule has 2 N–H and O–H groups in total. The summed E-state index contributed by atoms with van der Waals surface area (Å²) < 4.78 is 0. The molecule has 3 nitrogen and oxygen atoms in total. The van der Waals surface area contributed by atoms with Gasteiger partial charge in [-0.25, -0.2) is 0 Å². The Morgan fingerprint density at radius 2 is 1.88 bits per heavy atom. The fraction of sp³-hybridized carbons (Fsp3) is 0.667. The number of aliphatic hydroxyl groups is 1. The summed E-state index contributed by atoms with van der Waals surface area (Å²) in [6.07, 6.45) is 0. The average molecular weight is 159 g/mol. The SMILES string of the molecule is O=C(O)C(Cl)C(O)Cl. The zero-order chi connectivity index (χ0) is 6.73. The van der Waals surface area contributed by atoms with E-state index < -0.39 is 16.9 Å². The first-order chi connectivity index (χ1) is 3.55. The van der Waals surface area contributed by atoms with E-state index in [0.29, 0.717) is 0 Å². The van der Waals surface area contributed by atoms with Crippen molar-refractivity contribution in [3.63, 3.8) is 0 Å². The number of carbonyl (C=O) groups is 1. The summed E-state index contributed by atoms with van der Waals surface area (Å²) in [7, 11) is 0. The minimum atomic E-state index is -1.52. The molecule has 5 heteroatoms. The van der Waals surface area contributed by atoms with Gasteiger partial charge < -0.3 is 10.2 Å². The van der Waals surface area contributed by atoms with Gasteiger partial charge in [0.05, 0.1) is 0 Å². The highest BCUT2D eigenvalue weighted by atomic mass is 35.5. The van der Waals surface area contributed by atoms with Crippen molar-refractivity contribution in [2.24, 2.45) is 0 Å². The summed E-state index contributed by atoms with van der Waals surface area (Å²) in [6, 6.07) is 0. The Labute approximate surface area is 55.8 Å². The summed E-state index contributed by atoms with van der Waals surface area (Å²) in [6.45, 7) is 0. The molecule has 0 saturated heterocycles. The van der Waals surface area contributed by atoms with Gasteiger partial charge in [0.1, 0.15) is 0 Å². The van der Waals surface area contributed by atoms with Gasteiger partial charge in [0.2, 0.25) is 0 Å². The van der Waals surface area contributed by atoms with Gasteiger partial charge in [-0.05, 0) is 0 Å². The highest BCUT2D eigenvalue weighted by Gasteiger charge is 2.20. The van der Waals surface area contributed by atoms with E-state index in [1.54, 1.807) is 0 Å². The molecule has 0 radical (unpaired) electrons. The van der Waals surface area contributed by atoms with E-state index in [4.69, 9.17) is 33.4 Å². The molecule has 0 aromatic rings. The van der Waals surface area contributed by atoms with Crippen LogP contribution in [0.15, 0.2) is 0 Å². The van der Waals surface area contributed by atoms with E-state index in [1.807, 2.05) is 0 Å². The van der Waals surface area contributed by atoms with Crippen molar-refractivity contribution in [3.8, 4) is 0 Å². The Morgan fingerprint density at radius 1 is 1.50 bits per heavy atom. The van der Waals surface area contributed by atoms with E-state index in [9.17, 15) is 4.79 Å². The third-order valence-corrected chi connectivity index (χ3v) is 1.28. The molecule has 0 rings (SSSR count). The fourth-order valence-corrected chi connectivity index (χ4v) is 0.225. The first-order valence-corrected chi connectivity index (χ1v) is 2.62. The van der Waals surface area contributed by atoms with Crippen molar-refractivity contribution in [1.29, 1.82) is 0 Å². The van der Waals surface area contributed by atoms with Crippen LogP contribution in [0.3, 0.4) is 0 Å². The van der Waals surface area contributed by atoms with E-state index in [1.165, 1.54) is 0 Å². The van der Waals surface area contributed by atoms with Crippen LogP contribution < -0.4 is 0 Å². The lowest BCUT2D eigenvalue weighted by Gasteiger charge is -2.02. The van der Waals surface area contributed by atoms with Crippen molar-refractivity contribution < 1.29 is 15.0 Å². The highest BCUT2D eigenvalue weighted by molar-refractivity contribution is 6.35. The molecule has 0 bridgehead atoms. The van der Waals surface area contributed by atoms with Crippen LogP contribution in [0.2, 0.25) is 0 Å². The Hall–Kier alpha value is 0.01000. The molecule has 2 atom stereocenters. The number of carboxylic acids is 1. The fourth-order valence-electron chi connectivity index (χ4n) is 0.118. The smallest absolute Gasteiger partial charge is 0.325 e. The van der Waals surface area contributed by atoms with Gasteiger partial charge >= 0.3 is 5.97 Å². The number of rotatable bonds is 2. The van der Waals surface area contributed by atoms with Crippen LogP contribution in [0.4, 0.5) is 0 Å². The van der Waals surface area contributed by atoms with Crippen molar-refractivity contribution in [3.05, 3.63) is 0 Å². The van der Waals surface area contributed by atoms with Crippen LogP contribution in [-0.2, 0) is 4.79 Å². The maximum atomic E-state index is 9.76. The second-order valence-corrected chi connectivity index (χ2v) is 2.03. The van der Waals surface area contributed by atoms with Crippen LogP contribution in [0.1, 0.15) is 0 Å². The number of carboxylic acid groups (broad SMARTS) is 1. The van der Waals surface area contributed by atoms with Gasteiger partial charge in [-0.1, -0.05) is 11.6 Å². The summed E-state index contributed by atoms with van der Waals surface area (Å²) in [4.78, 5) is 9.76. The predicted molar refractivity (Wildman–Crippen MR) is 29.1 cm³/mol. The van der Waals surface area contributed by atoms with Crippen molar-refractivity contribution in [1.82, 2.24) is 0 Å². The van der Waals surface area contributed by atoms with Crippen LogP contribution in [0.25, 0.3) is 0 Å². The predicted octanol–water partition coefficient (Wildman–Crippen LogP) is 0.236. The van der Waals surface area contributed by atoms with Crippen LogP contribution in [0.5, 0.6) is 0 Å². The third kappa shape index (κ3) is 2.35. The highest BCUT2D eigenvalue weighted by Crippen LogP contribution is 2.05. The van der Waals surface area contributed by atoms with E-state index in [-0.39, 0.29) is 0 Å². The number of aliphatic carboxylic acids is 1. The molecule has 0 amide bonds. The minimum Gasteiger partial charge on any atom is -0.480 e. The van der Waals surface area contributed by atoms with Gasteiger partial charge in [0.25, 0.3) is 0 Å². The molecule has 0 aliphatic rings. The molecule has 0 fully saturated rings. The van der Waals surface area contributed by atoms with Gasteiger partial charge in [-0.2, -0.15) is 0 Å². The molecular weight excluding hydrogens is 155 g/mol. The monoisotopic (exact) mass is 158 g/mol. The lowest BCUT2D eigenvalue weighted by atomic mass is 10.5. The Bertz CT molecular complexity index is 92.5. The molecular formula is C3H4Cl2O3. The molecule has 0 aromatic carbocycles. The number of hydrogen-bond acceptors (Lipinski definition) is 2. The normalized spacial score (nSPS) is 17.4. The molecule has 48 valence electrons. The van der Waals surface area contributed by atoms with E-state index in [0.717, 1.165) is 0 Å². The molecule has 0 aliphatic heterocycles. The molecule has 0 heterocycles. The van der Waals surface area contributed by atoms with Crippen molar-refractivity contribution >= 4 is 29.2 Å². The molecule has 0 aromatic heterocycles. The summed E-state index contributed by atoms with van der Waals surface area (Å²) in [5.74, 6) is -1.32.